The highest BCUT2D eigenvalue weighted by Crippen LogP contribution is 2.05. The van der Waals surface area contributed by atoms with E-state index in [2.05, 4.69) is 37.3 Å². The number of aliphatic hydroxyl groups excluding tert-OH is 1. The first-order valence-electron chi connectivity index (χ1n) is 9.92. The van der Waals surface area contributed by atoms with Crippen LogP contribution in [-0.2, 0) is 4.79 Å². The fraction of sp³-hybridized carbons (Fsp3) is 0.609. The van der Waals surface area contributed by atoms with E-state index in [0.717, 1.165) is 38.5 Å². The molecule has 142 valence electrons. The van der Waals surface area contributed by atoms with Gasteiger partial charge in [0.05, 0.1) is 6.10 Å². The van der Waals surface area contributed by atoms with Crippen LogP contribution in [0.3, 0.4) is 0 Å². The Morgan fingerprint density at radius 3 is 2.28 bits per heavy atom. The molecule has 0 aliphatic carbocycles. The Kier molecular flexibility index (Phi) is 16.4. The average Bonchev–Trinajstić information content (AvgIpc) is 2.58. The zero-order valence-electron chi connectivity index (χ0n) is 16.5. The van der Waals surface area contributed by atoms with Gasteiger partial charge in [-0.2, -0.15) is 0 Å². The predicted molar refractivity (Wildman–Crippen MR) is 110 cm³/mol. The first kappa shape index (κ1) is 23.6. The molecule has 0 heterocycles. The smallest absolute Gasteiger partial charge is 0.135 e. The van der Waals surface area contributed by atoms with E-state index < -0.39 is 0 Å². The van der Waals surface area contributed by atoms with Crippen LogP contribution in [0.2, 0.25) is 0 Å². The van der Waals surface area contributed by atoms with Gasteiger partial charge in [0.2, 0.25) is 0 Å². The first-order valence-corrected chi connectivity index (χ1v) is 9.92. The number of ketones is 1. The van der Waals surface area contributed by atoms with E-state index in [9.17, 15) is 9.90 Å². The van der Waals surface area contributed by atoms with E-state index in [1.165, 1.54) is 12.8 Å². The highest BCUT2D eigenvalue weighted by atomic mass is 16.3. The Bertz CT molecular complexity index is 427. The summed E-state index contributed by atoms with van der Waals surface area (Å²) in [5.41, 5.74) is 0. The van der Waals surface area contributed by atoms with Crippen molar-refractivity contribution in [2.24, 2.45) is 5.92 Å². The molecule has 0 aliphatic heterocycles. The summed E-state index contributed by atoms with van der Waals surface area (Å²) in [4.78, 5) is 11.5. The number of rotatable bonds is 15. The topological polar surface area (TPSA) is 37.3 Å². The molecule has 0 radical (unpaired) electrons. The van der Waals surface area contributed by atoms with Gasteiger partial charge in [-0.1, -0.05) is 88.6 Å². The van der Waals surface area contributed by atoms with Gasteiger partial charge >= 0.3 is 0 Å². The number of unbranched alkanes of at least 4 members (excludes halogenated alkanes) is 3. The molecule has 2 nitrogen and oxygen atoms in total. The summed E-state index contributed by atoms with van der Waals surface area (Å²) < 4.78 is 0. The molecular weight excluding hydrogens is 308 g/mol. The van der Waals surface area contributed by atoms with Crippen LogP contribution in [0.15, 0.2) is 48.6 Å². The van der Waals surface area contributed by atoms with Crippen LogP contribution >= 0.6 is 0 Å². The van der Waals surface area contributed by atoms with E-state index in [-0.39, 0.29) is 12.0 Å². The van der Waals surface area contributed by atoms with Crippen molar-refractivity contribution in [1.82, 2.24) is 0 Å². The molecule has 0 rings (SSSR count). The number of hydrogen-bond acceptors (Lipinski definition) is 2. The number of aliphatic hydroxyl groups is 1. The molecule has 0 fully saturated rings. The first-order chi connectivity index (χ1) is 12.1. The fourth-order valence-electron chi connectivity index (χ4n) is 2.30. The molecule has 0 aromatic heterocycles. The Hall–Kier alpha value is -1.41. The highest BCUT2D eigenvalue weighted by Gasteiger charge is 2.04. The van der Waals surface area contributed by atoms with Gasteiger partial charge in [0.25, 0.3) is 0 Å². The zero-order valence-corrected chi connectivity index (χ0v) is 16.5. The van der Waals surface area contributed by atoms with Gasteiger partial charge in [-0.15, -0.1) is 0 Å². The number of carbonyl (C=O) groups excluding carboxylic acids is 1. The molecule has 0 saturated heterocycles. The Morgan fingerprint density at radius 1 is 0.920 bits per heavy atom. The van der Waals surface area contributed by atoms with Crippen LogP contribution < -0.4 is 0 Å². The van der Waals surface area contributed by atoms with Gasteiger partial charge in [0, 0.05) is 12.3 Å². The normalized spacial score (nSPS) is 14.0. The summed E-state index contributed by atoms with van der Waals surface area (Å²) in [6, 6.07) is 0. The highest BCUT2D eigenvalue weighted by molar-refractivity contribution is 5.80. The lowest BCUT2D eigenvalue weighted by Crippen LogP contribution is -2.05. The Labute approximate surface area is 155 Å². The van der Waals surface area contributed by atoms with Gasteiger partial charge in [-0.3, -0.25) is 4.79 Å². The summed E-state index contributed by atoms with van der Waals surface area (Å²) >= 11 is 0. The van der Waals surface area contributed by atoms with Crippen LogP contribution in [-0.4, -0.2) is 17.0 Å². The van der Waals surface area contributed by atoms with Gasteiger partial charge in [-0.05, 0) is 32.1 Å². The van der Waals surface area contributed by atoms with Crippen molar-refractivity contribution in [2.75, 3.05) is 0 Å². The Morgan fingerprint density at radius 2 is 1.60 bits per heavy atom. The fourth-order valence-corrected chi connectivity index (χ4v) is 2.30. The minimum absolute atomic E-state index is 0.166. The molecule has 0 amide bonds. The lowest BCUT2D eigenvalue weighted by molar-refractivity contribution is -0.121. The molecule has 0 saturated carbocycles. The molecule has 25 heavy (non-hydrogen) atoms. The molecular formula is C23H38O2. The monoisotopic (exact) mass is 346 g/mol. The second kappa shape index (κ2) is 17.4. The van der Waals surface area contributed by atoms with Crippen LogP contribution in [0.25, 0.3) is 0 Å². The molecule has 0 aromatic carbocycles. The lowest BCUT2D eigenvalue weighted by Gasteiger charge is -2.02. The van der Waals surface area contributed by atoms with Gasteiger partial charge < -0.3 is 5.11 Å². The SMILES string of the molecule is CCCCC[C@H](O)/C=C/C=C\C/C=C\C/C=C\CCCC(=O)C(C)C. The summed E-state index contributed by atoms with van der Waals surface area (Å²) in [5.74, 6) is 0.529. The van der Waals surface area contributed by atoms with Crippen molar-refractivity contribution in [3.63, 3.8) is 0 Å². The average molecular weight is 347 g/mol. The van der Waals surface area contributed by atoms with Crippen LogP contribution in [0.5, 0.6) is 0 Å². The van der Waals surface area contributed by atoms with E-state index >= 15 is 0 Å². The van der Waals surface area contributed by atoms with Crippen molar-refractivity contribution in [2.45, 2.75) is 84.7 Å². The van der Waals surface area contributed by atoms with Crippen LogP contribution in [0, 0.1) is 5.92 Å². The second-order valence-corrected chi connectivity index (χ2v) is 6.80. The maximum atomic E-state index is 11.5. The molecule has 2 heteroatoms. The summed E-state index contributed by atoms with van der Waals surface area (Å²) in [5, 5.41) is 9.73. The zero-order chi connectivity index (χ0) is 18.8. The van der Waals surface area contributed by atoms with Crippen molar-refractivity contribution in [3.8, 4) is 0 Å². The maximum Gasteiger partial charge on any atom is 0.135 e. The third kappa shape index (κ3) is 17.2. The molecule has 0 aliphatic rings. The van der Waals surface area contributed by atoms with Crippen LogP contribution in [0.4, 0.5) is 0 Å². The van der Waals surface area contributed by atoms with E-state index in [1.54, 1.807) is 0 Å². The molecule has 1 atom stereocenters. The summed E-state index contributed by atoms with van der Waals surface area (Å²) in [6.07, 6.45) is 25.0. The quantitative estimate of drug-likeness (QED) is 0.214. The van der Waals surface area contributed by atoms with Crippen molar-refractivity contribution < 1.29 is 9.90 Å². The van der Waals surface area contributed by atoms with Crippen molar-refractivity contribution in [3.05, 3.63) is 48.6 Å². The summed E-state index contributed by atoms with van der Waals surface area (Å²) in [7, 11) is 0. The summed E-state index contributed by atoms with van der Waals surface area (Å²) in [6.45, 7) is 6.09. The Balaban J connectivity index is 3.62. The molecule has 1 N–H and O–H groups in total. The van der Waals surface area contributed by atoms with Crippen molar-refractivity contribution in [1.29, 1.82) is 0 Å². The van der Waals surface area contributed by atoms with E-state index in [1.807, 2.05) is 32.1 Å². The van der Waals surface area contributed by atoms with Gasteiger partial charge in [-0.25, -0.2) is 0 Å². The minimum atomic E-state index is -0.312. The molecule has 0 unspecified atom stereocenters. The van der Waals surface area contributed by atoms with E-state index in [4.69, 9.17) is 0 Å². The third-order valence-corrected chi connectivity index (χ3v) is 4.00. The van der Waals surface area contributed by atoms with Gasteiger partial charge in [0.15, 0.2) is 0 Å². The molecule has 0 bridgehead atoms. The van der Waals surface area contributed by atoms with E-state index in [0.29, 0.717) is 12.2 Å². The molecule has 0 aromatic rings. The lowest BCUT2D eigenvalue weighted by atomic mass is 10.0. The second-order valence-electron chi connectivity index (χ2n) is 6.80. The number of allylic oxidation sites excluding steroid dienone is 7. The standard InChI is InChI=1S/C23H38O2/c1-4-5-15-18-22(24)19-16-13-11-9-7-6-8-10-12-14-17-20-23(25)21(2)3/h6-7,10-13,16,19,21-22,24H,4-5,8-9,14-15,17-18,20H2,1-3H3/b7-6-,12-10-,13-11-,19-16+/t22-/m0/s1. The molecule has 0 spiro atoms. The minimum Gasteiger partial charge on any atom is -0.389 e. The third-order valence-electron chi connectivity index (χ3n) is 4.00. The number of hydrogen-bond donors (Lipinski definition) is 1. The largest absolute Gasteiger partial charge is 0.389 e. The predicted octanol–water partition coefficient (Wildman–Crippen LogP) is 6.33. The van der Waals surface area contributed by atoms with Crippen LogP contribution in [0.1, 0.15) is 78.6 Å². The maximum absolute atomic E-state index is 11.5. The number of carbonyl (C=O) groups is 1. The van der Waals surface area contributed by atoms with Gasteiger partial charge in [0.1, 0.15) is 5.78 Å². The number of Topliss-reactive ketones (excluding diaryl/α,β-unsaturated/α-hetero) is 1. The van der Waals surface area contributed by atoms with Crippen molar-refractivity contribution >= 4 is 5.78 Å².